The van der Waals surface area contributed by atoms with Crippen LogP contribution in [0.15, 0.2) is 12.7 Å². The fourth-order valence-corrected chi connectivity index (χ4v) is 1.69. The highest BCUT2D eigenvalue weighted by atomic mass is 16.5. The Balaban J connectivity index is 2.10. The van der Waals surface area contributed by atoms with E-state index in [1.165, 1.54) is 31.8 Å². The SMILES string of the molecule is C=CC(=O)OCCN1CCCCCC1. The summed E-state index contributed by atoms with van der Waals surface area (Å²) in [7, 11) is 0. The van der Waals surface area contributed by atoms with Gasteiger partial charge in [0, 0.05) is 12.6 Å². The molecule has 1 aliphatic rings. The van der Waals surface area contributed by atoms with Gasteiger partial charge in [0.1, 0.15) is 6.61 Å². The molecule has 0 aromatic carbocycles. The monoisotopic (exact) mass is 197 g/mol. The lowest BCUT2D eigenvalue weighted by atomic mass is 10.2. The molecule has 1 rings (SSSR count). The largest absolute Gasteiger partial charge is 0.461 e. The predicted molar refractivity (Wildman–Crippen MR) is 56.1 cm³/mol. The first-order chi connectivity index (χ1) is 6.83. The molecule has 0 atom stereocenters. The minimum Gasteiger partial charge on any atom is -0.461 e. The summed E-state index contributed by atoms with van der Waals surface area (Å²) in [6.45, 7) is 6.99. The van der Waals surface area contributed by atoms with Crippen LogP contribution in [0.25, 0.3) is 0 Å². The summed E-state index contributed by atoms with van der Waals surface area (Å²) >= 11 is 0. The Morgan fingerprint density at radius 3 is 2.50 bits per heavy atom. The van der Waals surface area contributed by atoms with Gasteiger partial charge < -0.3 is 4.74 Å². The van der Waals surface area contributed by atoms with Gasteiger partial charge in [0.25, 0.3) is 0 Å². The van der Waals surface area contributed by atoms with Crippen LogP contribution in [-0.2, 0) is 9.53 Å². The molecule has 80 valence electrons. The summed E-state index contributed by atoms with van der Waals surface area (Å²) in [6.07, 6.45) is 6.43. The van der Waals surface area contributed by atoms with Crippen molar-refractivity contribution in [2.75, 3.05) is 26.2 Å². The molecule has 3 heteroatoms. The molecule has 1 saturated heterocycles. The molecule has 0 bridgehead atoms. The van der Waals surface area contributed by atoms with Gasteiger partial charge in [-0.2, -0.15) is 0 Å². The van der Waals surface area contributed by atoms with Crippen LogP contribution in [0, 0.1) is 0 Å². The summed E-state index contributed by atoms with van der Waals surface area (Å²) in [5.74, 6) is -0.320. The lowest BCUT2D eigenvalue weighted by Crippen LogP contribution is -2.29. The van der Waals surface area contributed by atoms with Crippen LogP contribution in [0.5, 0.6) is 0 Å². The summed E-state index contributed by atoms with van der Waals surface area (Å²) in [5, 5.41) is 0. The number of rotatable bonds is 4. The number of esters is 1. The first-order valence-corrected chi connectivity index (χ1v) is 5.34. The molecule has 0 spiro atoms. The van der Waals surface area contributed by atoms with E-state index in [1.807, 2.05) is 0 Å². The van der Waals surface area contributed by atoms with E-state index in [0.717, 1.165) is 19.6 Å². The fourth-order valence-electron chi connectivity index (χ4n) is 1.69. The highest BCUT2D eigenvalue weighted by Gasteiger charge is 2.08. The van der Waals surface area contributed by atoms with Crippen LogP contribution in [0.3, 0.4) is 0 Å². The molecule has 0 radical (unpaired) electrons. The van der Waals surface area contributed by atoms with E-state index < -0.39 is 0 Å². The number of hydrogen-bond acceptors (Lipinski definition) is 3. The third-order valence-corrected chi connectivity index (χ3v) is 2.52. The second kappa shape index (κ2) is 6.60. The zero-order chi connectivity index (χ0) is 10.2. The van der Waals surface area contributed by atoms with E-state index in [4.69, 9.17) is 4.74 Å². The molecule has 0 aromatic rings. The zero-order valence-corrected chi connectivity index (χ0v) is 8.71. The van der Waals surface area contributed by atoms with Gasteiger partial charge in [0.15, 0.2) is 0 Å². The lowest BCUT2D eigenvalue weighted by Gasteiger charge is -2.18. The number of hydrogen-bond donors (Lipinski definition) is 0. The first-order valence-electron chi connectivity index (χ1n) is 5.34. The number of ether oxygens (including phenoxy) is 1. The second-order valence-corrected chi connectivity index (χ2v) is 3.63. The van der Waals surface area contributed by atoms with Crippen molar-refractivity contribution < 1.29 is 9.53 Å². The van der Waals surface area contributed by atoms with E-state index in [9.17, 15) is 4.79 Å². The second-order valence-electron chi connectivity index (χ2n) is 3.63. The molecule has 1 fully saturated rings. The standard InChI is InChI=1S/C11H19NO2/c1-2-11(13)14-10-9-12-7-5-3-4-6-8-12/h2H,1,3-10H2. The van der Waals surface area contributed by atoms with Crippen molar-refractivity contribution in [3.8, 4) is 0 Å². The number of carbonyl (C=O) groups is 1. The van der Waals surface area contributed by atoms with Gasteiger partial charge in [-0.15, -0.1) is 0 Å². The van der Waals surface area contributed by atoms with Crippen LogP contribution in [-0.4, -0.2) is 37.1 Å². The predicted octanol–water partition coefficient (Wildman–Crippen LogP) is 1.59. The van der Waals surface area contributed by atoms with Gasteiger partial charge in [-0.25, -0.2) is 4.79 Å². The molecule has 14 heavy (non-hydrogen) atoms. The van der Waals surface area contributed by atoms with E-state index in [2.05, 4.69) is 11.5 Å². The highest BCUT2D eigenvalue weighted by Crippen LogP contribution is 2.08. The molecule has 0 saturated carbocycles. The zero-order valence-electron chi connectivity index (χ0n) is 8.71. The van der Waals surface area contributed by atoms with E-state index >= 15 is 0 Å². The number of likely N-dealkylation sites (tertiary alicyclic amines) is 1. The molecule has 3 nitrogen and oxygen atoms in total. The summed E-state index contributed by atoms with van der Waals surface area (Å²) in [5.41, 5.74) is 0. The van der Waals surface area contributed by atoms with Crippen molar-refractivity contribution in [1.29, 1.82) is 0 Å². The van der Waals surface area contributed by atoms with Crippen LogP contribution >= 0.6 is 0 Å². The Labute approximate surface area is 85.7 Å². The first kappa shape index (κ1) is 11.2. The van der Waals surface area contributed by atoms with Crippen molar-refractivity contribution in [3.05, 3.63) is 12.7 Å². The van der Waals surface area contributed by atoms with Crippen LogP contribution in [0.4, 0.5) is 0 Å². The van der Waals surface area contributed by atoms with Gasteiger partial charge >= 0.3 is 5.97 Å². The number of nitrogens with zero attached hydrogens (tertiary/aromatic N) is 1. The van der Waals surface area contributed by atoms with Gasteiger partial charge in [-0.1, -0.05) is 19.4 Å². The van der Waals surface area contributed by atoms with Gasteiger partial charge in [0.2, 0.25) is 0 Å². The van der Waals surface area contributed by atoms with Crippen molar-refractivity contribution in [2.24, 2.45) is 0 Å². The Morgan fingerprint density at radius 2 is 1.93 bits per heavy atom. The molecule has 0 aliphatic carbocycles. The number of carbonyl (C=O) groups excluding carboxylic acids is 1. The van der Waals surface area contributed by atoms with E-state index in [1.54, 1.807) is 0 Å². The van der Waals surface area contributed by atoms with Crippen molar-refractivity contribution in [1.82, 2.24) is 4.90 Å². The minimum absolute atomic E-state index is 0.320. The maximum Gasteiger partial charge on any atom is 0.330 e. The van der Waals surface area contributed by atoms with Crippen LogP contribution < -0.4 is 0 Å². The average Bonchev–Trinajstić information content (AvgIpc) is 2.46. The molecular formula is C11H19NO2. The molecule has 1 aliphatic heterocycles. The smallest absolute Gasteiger partial charge is 0.330 e. The normalized spacial score (nSPS) is 18.6. The molecule has 0 aromatic heterocycles. The average molecular weight is 197 g/mol. The molecule has 1 heterocycles. The van der Waals surface area contributed by atoms with Crippen LogP contribution in [0.1, 0.15) is 25.7 Å². The maximum atomic E-state index is 10.8. The lowest BCUT2D eigenvalue weighted by molar-refractivity contribution is -0.138. The Morgan fingerprint density at radius 1 is 1.29 bits per heavy atom. The third kappa shape index (κ3) is 4.42. The van der Waals surface area contributed by atoms with E-state index in [0.29, 0.717) is 6.61 Å². The maximum absolute atomic E-state index is 10.8. The van der Waals surface area contributed by atoms with Crippen molar-refractivity contribution in [3.63, 3.8) is 0 Å². The Hall–Kier alpha value is -0.830. The quantitative estimate of drug-likeness (QED) is 0.506. The fraction of sp³-hybridized carbons (Fsp3) is 0.727. The van der Waals surface area contributed by atoms with Gasteiger partial charge in [0.05, 0.1) is 0 Å². The Bertz CT molecular complexity index is 184. The molecular weight excluding hydrogens is 178 g/mol. The van der Waals surface area contributed by atoms with Crippen molar-refractivity contribution >= 4 is 5.97 Å². The molecule has 0 amide bonds. The van der Waals surface area contributed by atoms with Gasteiger partial charge in [-0.05, 0) is 25.9 Å². The van der Waals surface area contributed by atoms with E-state index in [-0.39, 0.29) is 5.97 Å². The topological polar surface area (TPSA) is 29.5 Å². The summed E-state index contributed by atoms with van der Waals surface area (Å²) in [6, 6.07) is 0. The van der Waals surface area contributed by atoms with Crippen molar-refractivity contribution in [2.45, 2.75) is 25.7 Å². The van der Waals surface area contributed by atoms with Crippen LogP contribution in [0.2, 0.25) is 0 Å². The summed E-state index contributed by atoms with van der Waals surface area (Å²) < 4.78 is 4.94. The van der Waals surface area contributed by atoms with Gasteiger partial charge in [-0.3, -0.25) is 4.90 Å². The highest BCUT2D eigenvalue weighted by molar-refractivity contribution is 5.81. The third-order valence-electron chi connectivity index (χ3n) is 2.52. The minimum atomic E-state index is -0.320. The molecule has 0 unspecified atom stereocenters. The molecule has 0 N–H and O–H groups in total. The summed E-state index contributed by atoms with van der Waals surface area (Å²) in [4.78, 5) is 13.1. The Kier molecular flexibility index (Phi) is 5.30.